The summed E-state index contributed by atoms with van der Waals surface area (Å²) >= 11 is 8.16. The van der Waals surface area contributed by atoms with Crippen molar-refractivity contribution >= 4 is 70.7 Å². The zero-order valence-electron chi connectivity index (χ0n) is 41.8. The molecule has 18 nitrogen and oxygen atoms in total. The van der Waals surface area contributed by atoms with Gasteiger partial charge >= 0.3 is 18.0 Å². The van der Waals surface area contributed by atoms with Crippen molar-refractivity contribution in [2.45, 2.75) is 147 Å². The molecular formula is C51H69ClN4O14S. The van der Waals surface area contributed by atoms with Gasteiger partial charge in [0.05, 0.1) is 60.8 Å². The van der Waals surface area contributed by atoms with Crippen molar-refractivity contribution in [1.29, 1.82) is 0 Å². The van der Waals surface area contributed by atoms with Crippen molar-refractivity contribution in [2.75, 3.05) is 50.6 Å². The second kappa shape index (κ2) is 23.1. The van der Waals surface area contributed by atoms with Crippen LogP contribution in [0.2, 0.25) is 5.02 Å². The number of hydrogen-bond acceptors (Lipinski definition) is 15. The molecule has 6 aliphatic rings. The molecule has 2 unspecified atom stereocenters. The first-order chi connectivity index (χ1) is 33.7. The van der Waals surface area contributed by atoms with E-state index < -0.39 is 70.9 Å². The molecule has 0 aromatic heterocycles. The number of hydrogen-bond donors (Lipinski definition) is 2. The predicted molar refractivity (Wildman–Crippen MR) is 262 cm³/mol. The molecule has 5 amide bonds. The van der Waals surface area contributed by atoms with E-state index in [2.05, 4.69) is 5.32 Å². The number of amides is 5. The van der Waals surface area contributed by atoms with Gasteiger partial charge in [0.25, 0.3) is 5.91 Å². The Bertz CT molecular complexity index is 2270. The molecular weight excluding hydrogens is 960 g/mol. The van der Waals surface area contributed by atoms with Crippen LogP contribution in [0.15, 0.2) is 35.9 Å². The van der Waals surface area contributed by atoms with Gasteiger partial charge < -0.3 is 38.5 Å². The molecule has 1 aliphatic carbocycles. The van der Waals surface area contributed by atoms with Crippen LogP contribution in [0.25, 0.3) is 0 Å². The minimum absolute atomic E-state index is 0.0339. The molecule has 9 atom stereocenters. The lowest BCUT2D eigenvalue weighted by Crippen LogP contribution is -2.60. The van der Waals surface area contributed by atoms with E-state index in [1.807, 2.05) is 58.1 Å². The number of rotatable bonds is 14. The number of nitrogens with one attached hydrogen (secondary N) is 1. The van der Waals surface area contributed by atoms with Crippen molar-refractivity contribution in [1.82, 2.24) is 15.3 Å². The van der Waals surface area contributed by atoms with Crippen LogP contribution in [0.1, 0.15) is 104 Å². The number of carbonyl (C=O) groups excluding carboxylic acids is 7. The third-order valence-electron chi connectivity index (χ3n) is 14.9. The van der Waals surface area contributed by atoms with Gasteiger partial charge in [-0.25, -0.2) is 14.4 Å². The number of imide groups is 1. The van der Waals surface area contributed by atoms with Gasteiger partial charge in [-0.05, 0) is 89.3 Å². The number of halogens is 1. The van der Waals surface area contributed by atoms with E-state index in [1.165, 1.54) is 28.5 Å². The topological polar surface area (TPSA) is 220 Å². The molecule has 1 aromatic rings. The summed E-state index contributed by atoms with van der Waals surface area (Å²) in [5.74, 6) is -2.89. The minimum atomic E-state index is -1.62. The number of benzene rings is 1. The molecule has 1 aromatic carbocycles. The summed E-state index contributed by atoms with van der Waals surface area (Å²) in [5, 5.41) is 15.4. The van der Waals surface area contributed by atoms with E-state index in [4.69, 9.17) is 40.1 Å². The van der Waals surface area contributed by atoms with Gasteiger partial charge in [0.1, 0.15) is 23.5 Å². The third kappa shape index (κ3) is 13.0. The highest BCUT2D eigenvalue weighted by molar-refractivity contribution is 8.00. The molecule has 1 saturated carbocycles. The largest absolute Gasteiger partial charge is 0.457 e. The zero-order valence-corrected chi connectivity index (χ0v) is 43.4. The molecule has 20 heteroatoms. The van der Waals surface area contributed by atoms with Gasteiger partial charge in [0, 0.05) is 50.4 Å². The number of alkyl carbamates (subject to hydrolysis) is 1. The molecule has 5 aliphatic heterocycles. The Labute approximate surface area is 424 Å². The van der Waals surface area contributed by atoms with E-state index in [1.54, 1.807) is 14.0 Å². The van der Waals surface area contributed by atoms with Crippen LogP contribution in [0.3, 0.4) is 0 Å². The van der Waals surface area contributed by atoms with Crippen LogP contribution in [0, 0.1) is 30.6 Å². The lowest BCUT2D eigenvalue weighted by Gasteiger charge is -2.41. The van der Waals surface area contributed by atoms with E-state index in [0.717, 1.165) is 21.8 Å². The number of likely N-dealkylation sites (tertiary alicyclic amines) is 1. The van der Waals surface area contributed by atoms with Crippen molar-refractivity contribution < 1.29 is 67.2 Å². The fourth-order valence-corrected chi connectivity index (χ4v) is 11.5. The fraction of sp³-hybridized carbons (Fsp3) is 0.667. The van der Waals surface area contributed by atoms with Crippen LogP contribution in [-0.4, -0.2) is 143 Å². The first-order valence-corrected chi connectivity index (χ1v) is 26.3. The number of ether oxygens (including phenoxy) is 5. The summed E-state index contributed by atoms with van der Waals surface area (Å²) in [7, 11) is 1.62. The maximum Gasteiger partial charge on any atom is 0.409 e. The number of hydroxylamine groups is 2. The second-order valence-corrected chi connectivity index (χ2v) is 21.9. The highest BCUT2D eigenvalue weighted by Crippen LogP contribution is 2.49. The SMILES string of the molecule is C/C1=C\C=C\[C@@H](C)[C@@]2(O)CC(OC(=O)N2)[C@@H](C)[C@@H]2O[C@@]2(C)[C@@H](OC(=O)[C@H](C)OCCOCCSC2CC(=O)N(C[C@H]3CC[C@H](C(=O)ON4CCCC4=O)CC3)C2=O)CC(=O)N(C)c2cc(cc(C)c2Cl)C1. The Hall–Kier alpha value is -4.53. The number of epoxide rings is 1. The van der Waals surface area contributed by atoms with Gasteiger partial charge in [0.15, 0.2) is 6.10 Å². The number of fused-ring (bicyclic) bond motifs is 5. The smallest absolute Gasteiger partial charge is 0.409 e. The molecule has 390 valence electrons. The van der Waals surface area contributed by atoms with Crippen LogP contribution in [0.4, 0.5) is 10.5 Å². The van der Waals surface area contributed by atoms with E-state index in [9.17, 15) is 38.7 Å². The van der Waals surface area contributed by atoms with E-state index in [0.29, 0.717) is 74.5 Å². The maximum atomic E-state index is 14.2. The number of anilines is 1. The third-order valence-corrected chi connectivity index (χ3v) is 16.5. The Kier molecular flexibility index (Phi) is 17.7. The van der Waals surface area contributed by atoms with E-state index in [-0.39, 0.29) is 74.5 Å². The Morgan fingerprint density at radius 1 is 1.01 bits per heavy atom. The normalized spacial score (nSPS) is 33.2. The molecule has 7 rings (SSSR count). The van der Waals surface area contributed by atoms with Crippen molar-refractivity contribution in [2.24, 2.45) is 23.7 Å². The summed E-state index contributed by atoms with van der Waals surface area (Å²) in [6.07, 6.45) is 5.25. The average Bonchev–Trinajstić information content (AvgIpc) is 3.75. The van der Waals surface area contributed by atoms with Crippen LogP contribution in [0.5, 0.6) is 0 Å². The summed E-state index contributed by atoms with van der Waals surface area (Å²) in [4.78, 5) is 99.6. The number of carbonyl (C=O) groups is 7. The summed E-state index contributed by atoms with van der Waals surface area (Å²) in [6, 6.07) is 3.83. The Morgan fingerprint density at radius 2 is 1.76 bits per heavy atom. The van der Waals surface area contributed by atoms with Crippen molar-refractivity contribution in [3.05, 3.63) is 52.1 Å². The summed E-state index contributed by atoms with van der Waals surface area (Å²) in [6.45, 7) is 11.9. The standard InChI is InChI=1S/C51H69ClN4O14S/c1-29-10-8-11-31(3)51(64)27-38(67-49(63)53-51)32(4)45-50(6,69-45)40(26-42(58)54(7)37-24-35(22-29)23-30(2)44(37)52)68-47(61)33(5)66-19-18-65-20-21-71-39-25-43(59)55(46(39)60)28-34-13-15-36(16-14-34)48(62)70-56-17-9-12-41(56)57/h8,10-11,23-24,31-34,36,38-40,45,64H,9,12-22,25-28H2,1-7H3,(H,53,63)/b11-8+,29-10+/t31-,32-,33+,34-,36-,38?,39?,40+,45+,50+,51+/m1/s1. The molecule has 0 radical (unpaired) electrons. The summed E-state index contributed by atoms with van der Waals surface area (Å²) in [5.41, 5.74) is 0.403. The van der Waals surface area contributed by atoms with Crippen LogP contribution >= 0.6 is 23.4 Å². The van der Waals surface area contributed by atoms with Crippen molar-refractivity contribution in [3.63, 3.8) is 0 Å². The minimum Gasteiger partial charge on any atom is -0.457 e. The van der Waals surface area contributed by atoms with Gasteiger partial charge in [-0.1, -0.05) is 55.3 Å². The second-order valence-electron chi connectivity index (χ2n) is 20.2. The molecule has 0 spiro atoms. The molecule has 4 bridgehead atoms. The van der Waals surface area contributed by atoms with Crippen LogP contribution in [-0.2, 0) is 63.7 Å². The van der Waals surface area contributed by atoms with Gasteiger partial charge in [-0.15, -0.1) is 11.8 Å². The average molecular weight is 1030 g/mol. The number of thioether (sulfide) groups is 1. The number of allylic oxidation sites excluding steroid dienone is 3. The number of esters is 1. The maximum absolute atomic E-state index is 14.2. The van der Waals surface area contributed by atoms with Crippen molar-refractivity contribution in [3.8, 4) is 0 Å². The van der Waals surface area contributed by atoms with Gasteiger partial charge in [-0.3, -0.25) is 29.4 Å². The number of aliphatic hydroxyl groups is 1. The number of aryl methyl sites for hydroxylation is 1. The highest BCUT2D eigenvalue weighted by atomic mass is 35.5. The Balaban J connectivity index is 0.897. The summed E-state index contributed by atoms with van der Waals surface area (Å²) < 4.78 is 29.7. The molecule has 71 heavy (non-hydrogen) atoms. The molecule has 2 N–H and O–H groups in total. The molecule has 5 heterocycles. The van der Waals surface area contributed by atoms with E-state index >= 15 is 0 Å². The van der Waals surface area contributed by atoms with Gasteiger partial charge in [0.2, 0.25) is 17.7 Å². The Morgan fingerprint density at radius 3 is 2.48 bits per heavy atom. The fourth-order valence-electron chi connectivity index (χ4n) is 10.2. The quantitative estimate of drug-likeness (QED) is 0.0980. The van der Waals surface area contributed by atoms with Gasteiger partial charge in [-0.2, -0.15) is 5.06 Å². The monoisotopic (exact) mass is 1030 g/mol. The molecule has 5 fully saturated rings. The zero-order chi connectivity index (χ0) is 51.4. The molecule has 4 saturated heterocycles. The highest BCUT2D eigenvalue weighted by Gasteiger charge is 2.64. The number of nitrogens with zero attached hydrogens (tertiary/aromatic N) is 3. The first-order valence-electron chi connectivity index (χ1n) is 24.8. The first kappa shape index (κ1) is 54.2. The van der Waals surface area contributed by atoms with Crippen LogP contribution < -0.4 is 10.2 Å². The lowest BCUT2D eigenvalue weighted by molar-refractivity contribution is -0.197. The predicted octanol–water partition coefficient (Wildman–Crippen LogP) is 5.76. The lowest BCUT2D eigenvalue weighted by atomic mass is 9.82.